The predicted molar refractivity (Wildman–Crippen MR) is 97.8 cm³/mol. The lowest BCUT2D eigenvalue weighted by atomic mass is 9.98. The second-order valence-electron chi connectivity index (χ2n) is 6.87. The largest absolute Gasteiger partial charge is 0.459 e. The van der Waals surface area contributed by atoms with E-state index in [2.05, 4.69) is 19.1 Å². The number of hydrogen-bond acceptors (Lipinski definition) is 9. The van der Waals surface area contributed by atoms with Crippen molar-refractivity contribution >= 4 is 19.5 Å². The van der Waals surface area contributed by atoms with Crippen molar-refractivity contribution < 1.29 is 42.8 Å². The fourth-order valence-electron chi connectivity index (χ4n) is 3.43. The summed E-state index contributed by atoms with van der Waals surface area (Å²) in [5.41, 5.74) is 0. The van der Waals surface area contributed by atoms with E-state index in [1.165, 1.54) is 0 Å². The van der Waals surface area contributed by atoms with Crippen molar-refractivity contribution in [1.29, 1.82) is 0 Å². The summed E-state index contributed by atoms with van der Waals surface area (Å²) in [7, 11) is -2.23. The molecule has 160 valence electrons. The van der Waals surface area contributed by atoms with Crippen molar-refractivity contribution in [1.82, 2.24) is 0 Å². The van der Waals surface area contributed by atoms with E-state index in [-0.39, 0.29) is 12.2 Å². The van der Waals surface area contributed by atoms with Crippen molar-refractivity contribution in [2.75, 3.05) is 14.2 Å². The molecule has 0 aliphatic heterocycles. The highest BCUT2D eigenvalue weighted by Crippen LogP contribution is 2.57. The quantitative estimate of drug-likeness (QED) is 0.180. The van der Waals surface area contributed by atoms with Gasteiger partial charge in [0.1, 0.15) is 12.2 Å². The zero-order valence-corrected chi connectivity index (χ0v) is 17.3. The third kappa shape index (κ3) is 6.97. The zero-order valence-electron chi connectivity index (χ0n) is 16.4. The standard InChI is InChI=1S/C18H29O9P/c1-22-26-28(21,27-23-2)16(18(20)25-15-11-7-4-8-12-15)13-17(19)24-14-9-5-3-6-10-14/h13-15H,3-12H2,1-2H3/b16-13+. The Hall–Kier alpha value is -1.25. The van der Waals surface area contributed by atoms with Crippen LogP contribution in [0.3, 0.4) is 0 Å². The Bertz CT molecular complexity index is 582. The van der Waals surface area contributed by atoms with E-state index in [1.807, 2.05) is 0 Å². The average molecular weight is 420 g/mol. The number of hydrogen-bond donors (Lipinski definition) is 0. The van der Waals surface area contributed by atoms with Crippen LogP contribution in [0.15, 0.2) is 11.4 Å². The van der Waals surface area contributed by atoms with Gasteiger partial charge in [-0.05, 0) is 51.4 Å². The number of carbonyl (C=O) groups is 2. The van der Waals surface area contributed by atoms with Gasteiger partial charge in [-0.3, -0.25) is 0 Å². The molecule has 0 amide bonds. The van der Waals surface area contributed by atoms with Gasteiger partial charge in [0.05, 0.1) is 14.2 Å². The van der Waals surface area contributed by atoms with Gasteiger partial charge >= 0.3 is 19.5 Å². The van der Waals surface area contributed by atoms with Gasteiger partial charge in [-0.25, -0.2) is 23.9 Å². The summed E-state index contributed by atoms with van der Waals surface area (Å²) in [6, 6.07) is 0. The van der Waals surface area contributed by atoms with E-state index in [4.69, 9.17) is 9.47 Å². The van der Waals surface area contributed by atoms with Gasteiger partial charge < -0.3 is 9.47 Å². The third-order valence-electron chi connectivity index (χ3n) is 4.76. The second-order valence-corrected chi connectivity index (χ2v) is 8.65. The molecule has 0 spiro atoms. The molecule has 0 saturated heterocycles. The molecule has 0 atom stereocenters. The Morgan fingerprint density at radius 2 is 1.25 bits per heavy atom. The van der Waals surface area contributed by atoms with Crippen LogP contribution < -0.4 is 0 Å². The number of ether oxygens (including phenoxy) is 2. The van der Waals surface area contributed by atoms with Crippen LogP contribution in [-0.4, -0.2) is 38.4 Å². The van der Waals surface area contributed by atoms with Crippen LogP contribution in [0.5, 0.6) is 0 Å². The smallest absolute Gasteiger partial charge is 0.422 e. The summed E-state index contributed by atoms with van der Waals surface area (Å²) >= 11 is 0. The molecular weight excluding hydrogens is 391 g/mol. The van der Waals surface area contributed by atoms with Gasteiger partial charge in [0, 0.05) is 6.08 Å². The number of rotatable bonds is 9. The summed E-state index contributed by atoms with van der Waals surface area (Å²) in [5.74, 6) is -1.80. The number of esters is 2. The highest BCUT2D eigenvalue weighted by molar-refractivity contribution is 7.59. The highest BCUT2D eigenvalue weighted by atomic mass is 31.2. The molecule has 0 unspecified atom stereocenters. The zero-order chi connectivity index (χ0) is 20.4. The van der Waals surface area contributed by atoms with Crippen molar-refractivity contribution in [2.45, 2.75) is 76.4 Å². The van der Waals surface area contributed by atoms with Crippen LogP contribution in [0.2, 0.25) is 0 Å². The van der Waals surface area contributed by atoms with E-state index < -0.39 is 24.8 Å². The molecule has 9 nitrogen and oxygen atoms in total. The topological polar surface area (TPSA) is 107 Å². The van der Waals surface area contributed by atoms with Gasteiger partial charge in [-0.2, -0.15) is 0 Å². The first kappa shape index (κ1) is 23.0. The maximum atomic E-state index is 13.0. The summed E-state index contributed by atoms with van der Waals surface area (Å²) in [4.78, 5) is 33.9. The number of carbonyl (C=O) groups excluding carboxylic acids is 2. The molecule has 2 aliphatic rings. The van der Waals surface area contributed by atoms with Crippen molar-refractivity contribution in [3.05, 3.63) is 11.4 Å². The molecule has 2 rings (SSSR count). The molecule has 0 N–H and O–H groups in total. The first-order chi connectivity index (χ1) is 13.5. The van der Waals surface area contributed by atoms with Crippen LogP contribution in [-0.2, 0) is 42.8 Å². The summed E-state index contributed by atoms with van der Waals surface area (Å²) < 4.78 is 33.1. The van der Waals surface area contributed by atoms with Gasteiger partial charge in [0.25, 0.3) is 0 Å². The summed E-state index contributed by atoms with van der Waals surface area (Å²) in [6.07, 6.45) is 9.11. The van der Waals surface area contributed by atoms with Gasteiger partial charge in [-0.15, -0.1) is 9.35 Å². The lowest BCUT2D eigenvalue weighted by molar-refractivity contribution is -0.240. The lowest BCUT2D eigenvalue weighted by Crippen LogP contribution is -2.24. The fraction of sp³-hybridized carbons (Fsp3) is 0.778. The molecule has 0 radical (unpaired) electrons. The van der Waals surface area contributed by atoms with Crippen LogP contribution in [0.4, 0.5) is 0 Å². The molecular formula is C18H29O9P. The second kappa shape index (κ2) is 11.7. The van der Waals surface area contributed by atoms with Crippen LogP contribution in [0, 0.1) is 0 Å². The van der Waals surface area contributed by atoms with Crippen molar-refractivity contribution in [3.8, 4) is 0 Å². The SMILES string of the molecule is COOP(=O)(OOC)/C(=C/C(=O)OC1CCCCC1)C(=O)OC1CCCCC1. The fourth-order valence-corrected chi connectivity index (χ4v) is 4.54. The Kier molecular flexibility index (Phi) is 9.61. The van der Waals surface area contributed by atoms with E-state index >= 15 is 0 Å². The molecule has 0 aromatic heterocycles. The van der Waals surface area contributed by atoms with Crippen LogP contribution in [0.1, 0.15) is 64.2 Å². The van der Waals surface area contributed by atoms with Crippen molar-refractivity contribution in [3.63, 3.8) is 0 Å². The summed E-state index contributed by atoms with van der Waals surface area (Å²) in [5, 5.41) is -0.623. The average Bonchev–Trinajstić information content (AvgIpc) is 2.68. The van der Waals surface area contributed by atoms with Gasteiger partial charge in [-0.1, -0.05) is 12.8 Å². The predicted octanol–water partition coefficient (Wildman–Crippen LogP) is 3.97. The first-order valence-electron chi connectivity index (χ1n) is 9.67. The third-order valence-corrected chi connectivity index (χ3v) is 6.36. The molecule has 0 aromatic rings. The molecule has 2 saturated carbocycles. The Morgan fingerprint density at radius 1 is 0.786 bits per heavy atom. The molecule has 0 bridgehead atoms. The van der Waals surface area contributed by atoms with E-state index in [9.17, 15) is 14.2 Å². The van der Waals surface area contributed by atoms with E-state index in [1.54, 1.807) is 0 Å². The van der Waals surface area contributed by atoms with Gasteiger partial charge in [0.15, 0.2) is 5.31 Å². The molecule has 28 heavy (non-hydrogen) atoms. The first-order valence-corrected chi connectivity index (χ1v) is 11.2. The molecule has 2 fully saturated rings. The minimum atomic E-state index is -4.42. The lowest BCUT2D eigenvalue weighted by Gasteiger charge is -2.24. The highest BCUT2D eigenvalue weighted by Gasteiger charge is 2.41. The van der Waals surface area contributed by atoms with Gasteiger partial charge in [0.2, 0.25) is 0 Å². The van der Waals surface area contributed by atoms with E-state index in [0.717, 1.165) is 71.7 Å². The van der Waals surface area contributed by atoms with E-state index in [0.29, 0.717) is 12.8 Å². The Balaban J connectivity index is 2.18. The van der Waals surface area contributed by atoms with Crippen LogP contribution >= 0.6 is 7.60 Å². The van der Waals surface area contributed by atoms with Crippen molar-refractivity contribution in [2.24, 2.45) is 0 Å². The molecule has 2 aliphatic carbocycles. The molecule has 0 heterocycles. The minimum Gasteiger partial charge on any atom is -0.459 e. The van der Waals surface area contributed by atoms with Crippen LogP contribution in [0.25, 0.3) is 0 Å². The molecule has 0 aromatic carbocycles. The minimum absolute atomic E-state index is 0.237. The summed E-state index contributed by atoms with van der Waals surface area (Å²) in [6.45, 7) is 0. The molecule has 10 heteroatoms. The Labute approximate surface area is 165 Å². The maximum absolute atomic E-state index is 13.0. The maximum Gasteiger partial charge on any atom is 0.422 e. The monoisotopic (exact) mass is 420 g/mol. The Morgan fingerprint density at radius 3 is 1.71 bits per heavy atom. The normalized spacial score (nSPS) is 20.0.